The number of halogens is 1. The van der Waals surface area contributed by atoms with E-state index in [-0.39, 0.29) is 24.9 Å². The first-order valence-electron chi connectivity index (χ1n) is 9.04. The fraction of sp³-hybridized carbons (Fsp3) is 0.526. The minimum Gasteiger partial charge on any atom is -0.467 e. The first-order valence-corrected chi connectivity index (χ1v) is 9.84. The van der Waals surface area contributed by atoms with Crippen LogP contribution >= 0.6 is 15.9 Å². The lowest BCUT2D eigenvalue weighted by molar-refractivity contribution is -0.153. The van der Waals surface area contributed by atoms with Gasteiger partial charge in [0.05, 0.1) is 7.11 Å². The lowest BCUT2D eigenvalue weighted by Crippen LogP contribution is -2.57. The summed E-state index contributed by atoms with van der Waals surface area (Å²) >= 11 is 3.33. The van der Waals surface area contributed by atoms with Crippen LogP contribution in [0.2, 0.25) is 0 Å². The van der Waals surface area contributed by atoms with E-state index < -0.39 is 11.5 Å². The van der Waals surface area contributed by atoms with Gasteiger partial charge in [-0.2, -0.15) is 0 Å². The number of carbonyl (C=O) groups excluding carboxylic acids is 3. The molecule has 0 aromatic heterocycles. The van der Waals surface area contributed by atoms with Gasteiger partial charge in [-0.05, 0) is 55.9 Å². The van der Waals surface area contributed by atoms with Gasteiger partial charge in [0.15, 0.2) is 0 Å². The van der Waals surface area contributed by atoms with E-state index in [0.29, 0.717) is 24.4 Å². The number of ether oxygens (including phenoxy) is 1. The Bertz CT molecular complexity index is 670. The molecule has 1 fully saturated rings. The van der Waals surface area contributed by atoms with Gasteiger partial charge in [-0.1, -0.05) is 22.9 Å². The zero-order valence-corrected chi connectivity index (χ0v) is 17.2. The third-order valence-corrected chi connectivity index (χ3v) is 5.35. The van der Waals surface area contributed by atoms with E-state index in [1.165, 1.54) is 7.11 Å². The number of carbonyl (C=O) groups is 3. The third kappa shape index (κ3) is 6.23. The van der Waals surface area contributed by atoms with Crippen molar-refractivity contribution < 1.29 is 19.1 Å². The second kappa shape index (κ2) is 9.73. The van der Waals surface area contributed by atoms with Crippen LogP contribution in [0.5, 0.6) is 0 Å². The molecule has 1 aliphatic carbocycles. The van der Waals surface area contributed by atoms with Crippen LogP contribution in [0, 0.1) is 5.92 Å². The van der Waals surface area contributed by atoms with Crippen molar-refractivity contribution in [3.8, 4) is 0 Å². The van der Waals surface area contributed by atoms with Gasteiger partial charge in [-0.25, -0.2) is 9.59 Å². The van der Waals surface area contributed by atoms with Crippen LogP contribution in [0.15, 0.2) is 28.7 Å². The lowest BCUT2D eigenvalue weighted by atomic mass is 9.77. The van der Waals surface area contributed by atoms with Gasteiger partial charge in [0, 0.05) is 23.1 Å². The number of amides is 3. The molecule has 0 aliphatic heterocycles. The number of anilines is 1. The van der Waals surface area contributed by atoms with Crippen LogP contribution in [0.4, 0.5) is 10.5 Å². The van der Waals surface area contributed by atoms with Crippen molar-refractivity contribution in [3.05, 3.63) is 28.7 Å². The molecule has 148 valence electrons. The molecule has 3 N–H and O–H groups in total. The Morgan fingerprint density at radius 1 is 1.19 bits per heavy atom. The van der Waals surface area contributed by atoms with Crippen LogP contribution in [-0.2, 0) is 14.3 Å². The summed E-state index contributed by atoms with van der Waals surface area (Å²) in [5, 5.41) is 8.17. The highest BCUT2D eigenvalue weighted by molar-refractivity contribution is 9.10. The zero-order valence-electron chi connectivity index (χ0n) is 15.6. The Morgan fingerprint density at radius 3 is 2.41 bits per heavy atom. The lowest BCUT2D eigenvalue weighted by Gasteiger charge is -2.37. The number of methoxy groups -OCH3 is 1. The van der Waals surface area contributed by atoms with Gasteiger partial charge in [-0.15, -0.1) is 0 Å². The summed E-state index contributed by atoms with van der Waals surface area (Å²) in [6.45, 7) is 2.30. The zero-order chi connectivity index (χ0) is 19.9. The maximum atomic E-state index is 12.3. The molecule has 0 heterocycles. The Balaban J connectivity index is 1.79. The number of hydrogen-bond acceptors (Lipinski definition) is 4. The minimum atomic E-state index is -0.946. The Kier molecular flexibility index (Phi) is 7.65. The molecule has 0 unspecified atom stereocenters. The van der Waals surface area contributed by atoms with Crippen molar-refractivity contribution in [2.24, 2.45) is 5.92 Å². The minimum absolute atomic E-state index is 0.0854. The van der Waals surface area contributed by atoms with E-state index in [9.17, 15) is 14.4 Å². The van der Waals surface area contributed by atoms with Crippen molar-refractivity contribution in [2.75, 3.05) is 19.0 Å². The summed E-state index contributed by atoms with van der Waals surface area (Å²) < 4.78 is 5.83. The molecule has 0 bridgehead atoms. The molecule has 27 heavy (non-hydrogen) atoms. The molecule has 0 spiro atoms. The highest BCUT2D eigenvalue weighted by atomic mass is 79.9. The highest BCUT2D eigenvalue weighted by Gasteiger charge is 2.43. The molecule has 0 saturated heterocycles. The molecule has 8 heteroatoms. The van der Waals surface area contributed by atoms with E-state index >= 15 is 0 Å². The van der Waals surface area contributed by atoms with Crippen molar-refractivity contribution in [1.29, 1.82) is 0 Å². The fourth-order valence-corrected chi connectivity index (χ4v) is 3.42. The first-order chi connectivity index (χ1) is 12.8. The highest BCUT2D eigenvalue weighted by Crippen LogP contribution is 2.32. The van der Waals surface area contributed by atoms with Crippen molar-refractivity contribution >= 4 is 39.5 Å². The topological polar surface area (TPSA) is 96.5 Å². The molecule has 0 radical (unpaired) electrons. The number of urea groups is 1. The molecule has 1 saturated carbocycles. The summed E-state index contributed by atoms with van der Waals surface area (Å²) in [7, 11) is 1.34. The van der Waals surface area contributed by atoms with Gasteiger partial charge in [-0.3, -0.25) is 4.79 Å². The predicted molar refractivity (Wildman–Crippen MR) is 106 cm³/mol. The molecule has 1 aliphatic rings. The van der Waals surface area contributed by atoms with Crippen LogP contribution in [0.1, 0.15) is 39.0 Å². The number of esters is 1. The first kappa shape index (κ1) is 21.2. The van der Waals surface area contributed by atoms with Gasteiger partial charge < -0.3 is 20.7 Å². The Hall–Kier alpha value is -2.09. The van der Waals surface area contributed by atoms with E-state index in [1.807, 2.05) is 12.1 Å². The van der Waals surface area contributed by atoms with E-state index in [4.69, 9.17) is 4.74 Å². The number of rotatable bonds is 6. The molecular formula is C19H26BrN3O4. The summed E-state index contributed by atoms with van der Waals surface area (Å²) in [5.74, 6) is -0.147. The standard InChI is InChI=1S/C19H26BrN3O4/c1-13-7-10-19(11-8-13,17(25)27-2)23-16(24)9-12-21-18(26)22-15-5-3-14(20)4-6-15/h3-6,13H,7-12H2,1-2H3,(H,23,24)(H2,21,22,26). The van der Waals surface area contributed by atoms with Gasteiger partial charge in [0.2, 0.25) is 5.91 Å². The smallest absolute Gasteiger partial charge is 0.331 e. The van der Waals surface area contributed by atoms with Crippen LogP contribution in [0.25, 0.3) is 0 Å². The number of hydrogen-bond donors (Lipinski definition) is 3. The third-order valence-electron chi connectivity index (χ3n) is 4.82. The molecule has 0 atom stereocenters. The second-order valence-electron chi connectivity index (χ2n) is 6.94. The SMILES string of the molecule is COC(=O)C1(NC(=O)CCNC(=O)Nc2ccc(Br)cc2)CCC(C)CC1. The summed E-state index contributed by atoms with van der Waals surface area (Å²) in [5.41, 5.74) is -0.293. The average Bonchev–Trinajstić information content (AvgIpc) is 2.65. The maximum absolute atomic E-state index is 12.3. The van der Waals surface area contributed by atoms with Crippen molar-refractivity contribution in [2.45, 2.75) is 44.6 Å². The number of nitrogens with one attached hydrogen (secondary N) is 3. The number of benzene rings is 1. The fourth-order valence-electron chi connectivity index (χ4n) is 3.16. The molecule has 1 aromatic carbocycles. The molecule has 2 rings (SSSR count). The largest absolute Gasteiger partial charge is 0.467 e. The van der Waals surface area contributed by atoms with Gasteiger partial charge in [0.25, 0.3) is 0 Å². The predicted octanol–water partition coefficient (Wildman–Crippen LogP) is 3.20. The van der Waals surface area contributed by atoms with E-state index in [1.54, 1.807) is 12.1 Å². The van der Waals surface area contributed by atoms with Crippen molar-refractivity contribution in [3.63, 3.8) is 0 Å². The molecule has 7 nitrogen and oxygen atoms in total. The molecule has 3 amide bonds. The van der Waals surface area contributed by atoms with E-state index in [2.05, 4.69) is 38.8 Å². The average molecular weight is 440 g/mol. The van der Waals surface area contributed by atoms with Gasteiger partial charge in [0.1, 0.15) is 5.54 Å². The van der Waals surface area contributed by atoms with Crippen LogP contribution in [0.3, 0.4) is 0 Å². The Morgan fingerprint density at radius 2 is 1.81 bits per heavy atom. The van der Waals surface area contributed by atoms with Crippen molar-refractivity contribution in [1.82, 2.24) is 10.6 Å². The van der Waals surface area contributed by atoms with E-state index in [0.717, 1.165) is 17.3 Å². The molecular weight excluding hydrogens is 414 g/mol. The summed E-state index contributed by atoms with van der Waals surface area (Å²) in [6, 6.07) is 6.78. The van der Waals surface area contributed by atoms with Crippen LogP contribution in [-0.4, -0.2) is 37.1 Å². The monoisotopic (exact) mass is 439 g/mol. The normalized spacial score (nSPS) is 21.8. The summed E-state index contributed by atoms with van der Waals surface area (Å²) in [6.07, 6.45) is 2.96. The Labute approximate surface area is 167 Å². The second-order valence-corrected chi connectivity index (χ2v) is 7.86. The molecule has 1 aromatic rings. The van der Waals surface area contributed by atoms with Gasteiger partial charge >= 0.3 is 12.0 Å². The quantitative estimate of drug-likeness (QED) is 0.592. The summed E-state index contributed by atoms with van der Waals surface area (Å²) in [4.78, 5) is 36.4. The maximum Gasteiger partial charge on any atom is 0.331 e. The van der Waals surface area contributed by atoms with Crippen LogP contribution < -0.4 is 16.0 Å².